The lowest BCUT2D eigenvalue weighted by atomic mass is 9.97. The molecule has 2 rings (SSSR count). The molecule has 0 spiro atoms. The van der Waals surface area contributed by atoms with E-state index in [1.165, 1.54) is 11.1 Å². The molecule has 2 aromatic carbocycles. The van der Waals surface area contributed by atoms with E-state index < -0.39 is 0 Å². The summed E-state index contributed by atoms with van der Waals surface area (Å²) < 4.78 is 14.3. The zero-order chi connectivity index (χ0) is 15.2. The highest BCUT2D eigenvalue weighted by Crippen LogP contribution is 2.23. The van der Waals surface area contributed by atoms with Gasteiger partial charge in [-0.2, -0.15) is 0 Å². The van der Waals surface area contributed by atoms with Crippen molar-refractivity contribution in [1.82, 2.24) is 5.32 Å². The van der Waals surface area contributed by atoms with Crippen LogP contribution < -0.4 is 5.32 Å². The van der Waals surface area contributed by atoms with Crippen molar-refractivity contribution in [2.45, 2.75) is 32.7 Å². The van der Waals surface area contributed by atoms with E-state index in [1.807, 2.05) is 6.07 Å². The summed E-state index contributed by atoms with van der Waals surface area (Å²) >= 11 is 3.21. The van der Waals surface area contributed by atoms with Crippen LogP contribution in [0.25, 0.3) is 0 Å². The second-order valence-corrected chi connectivity index (χ2v) is 6.23. The quantitative estimate of drug-likeness (QED) is 0.757. The van der Waals surface area contributed by atoms with E-state index in [0.29, 0.717) is 4.47 Å². The van der Waals surface area contributed by atoms with Crippen LogP contribution in [0.15, 0.2) is 46.9 Å². The van der Waals surface area contributed by atoms with E-state index in [0.717, 1.165) is 24.9 Å². The number of hydrogen-bond acceptors (Lipinski definition) is 1. The summed E-state index contributed by atoms with van der Waals surface area (Å²) in [6.07, 6.45) is 1.92. The van der Waals surface area contributed by atoms with Gasteiger partial charge >= 0.3 is 0 Å². The summed E-state index contributed by atoms with van der Waals surface area (Å²) in [6.45, 7) is 5.16. The van der Waals surface area contributed by atoms with Crippen LogP contribution in [0.1, 0.15) is 36.1 Å². The fourth-order valence-electron chi connectivity index (χ4n) is 2.43. The van der Waals surface area contributed by atoms with Crippen molar-refractivity contribution in [2.75, 3.05) is 6.54 Å². The Morgan fingerprint density at radius 2 is 2.00 bits per heavy atom. The van der Waals surface area contributed by atoms with Gasteiger partial charge in [-0.05, 0) is 65.5 Å². The number of halogens is 2. The van der Waals surface area contributed by atoms with Crippen molar-refractivity contribution >= 4 is 15.9 Å². The zero-order valence-corrected chi connectivity index (χ0v) is 14.1. The molecule has 0 radical (unpaired) electrons. The van der Waals surface area contributed by atoms with E-state index in [1.54, 1.807) is 12.1 Å². The molecule has 0 aliphatic carbocycles. The Hall–Kier alpha value is -1.19. The third-order valence-electron chi connectivity index (χ3n) is 3.51. The van der Waals surface area contributed by atoms with Crippen molar-refractivity contribution in [2.24, 2.45) is 0 Å². The largest absolute Gasteiger partial charge is 0.310 e. The van der Waals surface area contributed by atoms with E-state index in [4.69, 9.17) is 0 Å². The summed E-state index contributed by atoms with van der Waals surface area (Å²) in [5, 5.41) is 3.52. The first-order valence-corrected chi connectivity index (χ1v) is 8.13. The topological polar surface area (TPSA) is 12.0 Å². The maximum atomic E-state index is 13.8. The molecular weight excluding hydrogens is 329 g/mol. The predicted octanol–water partition coefficient (Wildman–Crippen LogP) is 5.18. The van der Waals surface area contributed by atoms with Crippen LogP contribution in [0.2, 0.25) is 0 Å². The van der Waals surface area contributed by atoms with Gasteiger partial charge in [-0.3, -0.25) is 0 Å². The zero-order valence-electron chi connectivity index (χ0n) is 12.5. The summed E-state index contributed by atoms with van der Waals surface area (Å²) in [7, 11) is 0. The second-order valence-electron chi connectivity index (χ2n) is 5.37. The number of hydrogen-bond donors (Lipinski definition) is 1. The molecule has 0 fully saturated rings. The summed E-state index contributed by atoms with van der Waals surface area (Å²) in [5.74, 6) is -0.208. The predicted molar refractivity (Wildman–Crippen MR) is 90.0 cm³/mol. The Morgan fingerprint density at radius 1 is 1.19 bits per heavy atom. The molecule has 0 aromatic heterocycles. The molecule has 21 heavy (non-hydrogen) atoms. The van der Waals surface area contributed by atoms with Crippen LogP contribution >= 0.6 is 15.9 Å². The van der Waals surface area contributed by atoms with E-state index in [9.17, 15) is 4.39 Å². The third kappa shape index (κ3) is 4.65. The fraction of sp³-hybridized carbons (Fsp3) is 0.333. The van der Waals surface area contributed by atoms with Crippen molar-refractivity contribution in [3.63, 3.8) is 0 Å². The van der Waals surface area contributed by atoms with Crippen LogP contribution in [0.3, 0.4) is 0 Å². The number of aryl methyl sites for hydroxylation is 1. The maximum Gasteiger partial charge on any atom is 0.137 e. The molecule has 0 saturated carbocycles. The molecule has 1 unspecified atom stereocenters. The van der Waals surface area contributed by atoms with Crippen molar-refractivity contribution in [3.05, 3.63) is 69.4 Å². The second kappa shape index (κ2) is 7.71. The van der Waals surface area contributed by atoms with Crippen molar-refractivity contribution < 1.29 is 4.39 Å². The minimum atomic E-state index is -0.208. The fourth-order valence-corrected chi connectivity index (χ4v) is 2.68. The van der Waals surface area contributed by atoms with Crippen LogP contribution in [-0.2, 0) is 6.42 Å². The summed E-state index contributed by atoms with van der Waals surface area (Å²) in [4.78, 5) is 0. The number of benzene rings is 2. The number of rotatable bonds is 6. The lowest BCUT2D eigenvalue weighted by Gasteiger charge is -2.20. The summed E-state index contributed by atoms with van der Waals surface area (Å²) in [5.41, 5.74) is 3.52. The van der Waals surface area contributed by atoms with Crippen LogP contribution in [-0.4, -0.2) is 6.54 Å². The average molecular weight is 350 g/mol. The Morgan fingerprint density at radius 3 is 2.67 bits per heavy atom. The Kier molecular flexibility index (Phi) is 5.95. The standard InChI is InChI=1S/C18H21BrFN/c1-3-9-21-18(11-14-6-4-5-13(2)10-14)15-7-8-16(19)17(20)12-15/h4-8,10,12,18,21H,3,9,11H2,1-2H3. The highest BCUT2D eigenvalue weighted by atomic mass is 79.9. The molecule has 2 aromatic rings. The first-order valence-electron chi connectivity index (χ1n) is 7.34. The number of nitrogens with one attached hydrogen (secondary N) is 1. The molecule has 0 bridgehead atoms. The van der Waals surface area contributed by atoms with Crippen LogP contribution in [0, 0.1) is 12.7 Å². The molecule has 0 heterocycles. The van der Waals surface area contributed by atoms with Crippen molar-refractivity contribution in [3.8, 4) is 0 Å². The first kappa shape index (κ1) is 16.2. The van der Waals surface area contributed by atoms with Gasteiger partial charge in [0.05, 0.1) is 4.47 Å². The van der Waals surface area contributed by atoms with Gasteiger partial charge < -0.3 is 5.32 Å². The minimum Gasteiger partial charge on any atom is -0.310 e. The molecule has 0 aliphatic rings. The monoisotopic (exact) mass is 349 g/mol. The minimum absolute atomic E-state index is 0.134. The SMILES string of the molecule is CCCNC(Cc1cccc(C)c1)c1ccc(Br)c(F)c1. The van der Waals surface area contributed by atoms with Crippen LogP contribution in [0.5, 0.6) is 0 Å². The molecule has 112 valence electrons. The Labute approximate surface area is 134 Å². The average Bonchev–Trinajstić information content (AvgIpc) is 2.46. The maximum absolute atomic E-state index is 13.8. The van der Waals surface area contributed by atoms with Gasteiger partial charge in [0.2, 0.25) is 0 Å². The highest BCUT2D eigenvalue weighted by Gasteiger charge is 2.13. The molecule has 1 N–H and O–H groups in total. The van der Waals surface area contributed by atoms with Crippen LogP contribution in [0.4, 0.5) is 4.39 Å². The van der Waals surface area contributed by atoms with Gasteiger partial charge in [0.1, 0.15) is 5.82 Å². The van der Waals surface area contributed by atoms with Gasteiger partial charge in [-0.15, -0.1) is 0 Å². The summed E-state index contributed by atoms with van der Waals surface area (Å²) in [6, 6.07) is 14.0. The molecule has 0 amide bonds. The third-order valence-corrected chi connectivity index (χ3v) is 4.15. The van der Waals surface area contributed by atoms with E-state index >= 15 is 0 Å². The Bertz CT molecular complexity index is 598. The normalized spacial score (nSPS) is 12.4. The van der Waals surface area contributed by atoms with E-state index in [-0.39, 0.29) is 11.9 Å². The van der Waals surface area contributed by atoms with Crippen molar-refractivity contribution in [1.29, 1.82) is 0 Å². The lowest BCUT2D eigenvalue weighted by Crippen LogP contribution is -2.24. The van der Waals surface area contributed by atoms with Gasteiger partial charge in [0.25, 0.3) is 0 Å². The van der Waals surface area contributed by atoms with Gasteiger partial charge in [-0.25, -0.2) is 4.39 Å². The first-order chi connectivity index (χ1) is 10.1. The lowest BCUT2D eigenvalue weighted by molar-refractivity contribution is 0.523. The molecule has 3 heteroatoms. The van der Waals surface area contributed by atoms with Gasteiger partial charge in [0, 0.05) is 6.04 Å². The smallest absolute Gasteiger partial charge is 0.137 e. The highest BCUT2D eigenvalue weighted by molar-refractivity contribution is 9.10. The Balaban J connectivity index is 2.22. The molecule has 0 saturated heterocycles. The van der Waals surface area contributed by atoms with E-state index in [2.05, 4.69) is 59.4 Å². The van der Waals surface area contributed by atoms with Gasteiger partial charge in [-0.1, -0.05) is 42.8 Å². The van der Waals surface area contributed by atoms with Gasteiger partial charge in [0.15, 0.2) is 0 Å². The molecule has 1 atom stereocenters. The molecule has 0 aliphatic heterocycles. The molecule has 1 nitrogen and oxygen atoms in total. The molecular formula is C18H21BrFN.